The smallest absolute Gasteiger partial charge is 0.476 e. The lowest BCUT2D eigenvalue weighted by atomic mass is 10.2. The molecule has 0 aromatic heterocycles. The summed E-state index contributed by atoms with van der Waals surface area (Å²) in [6, 6.07) is 4.09. The van der Waals surface area contributed by atoms with E-state index in [2.05, 4.69) is 25.7 Å². The van der Waals surface area contributed by atoms with Gasteiger partial charge in [0.1, 0.15) is 12.4 Å². The quantitative estimate of drug-likeness (QED) is 0.840. The Hall–Kier alpha value is -1.24. The van der Waals surface area contributed by atoms with Gasteiger partial charge in [0.25, 0.3) is 0 Å². The Labute approximate surface area is 103 Å². The summed E-state index contributed by atoms with van der Waals surface area (Å²) in [5.41, 5.74) is 0.455. The minimum atomic E-state index is -4.71. The number of benzene rings is 1. The molecule has 92 valence electrons. The predicted molar refractivity (Wildman–Crippen MR) is 58.2 cm³/mol. The van der Waals surface area contributed by atoms with Gasteiger partial charge in [-0.3, -0.25) is 0 Å². The van der Waals surface area contributed by atoms with Gasteiger partial charge in [-0.25, -0.2) is 4.99 Å². The Morgan fingerprint density at radius 2 is 2.06 bits per heavy atom. The third kappa shape index (κ3) is 3.36. The molecule has 0 spiro atoms. The van der Waals surface area contributed by atoms with Crippen LogP contribution in [0.3, 0.4) is 0 Å². The highest BCUT2D eigenvalue weighted by molar-refractivity contribution is 9.10. The van der Waals surface area contributed by atoms with Crippen LogP contribution >= 0.6 is 15.9 Å². The first kappa shape index (κ1) is 12.2. The lowest BCUT2D eigenvalue weighted by Crippen LogP contribution is -2.17. The molecule has 0 N–H and O–H groups in total. The van der Waals surface area contributed by atoms with Crippen molar-refractivity contribution in [1.82, 2.24) is 0 Å². The monoisotopic (exact) mass is 309 g/mol. The fraction of sp³-hybridized carbons (Fsp3) is 0.300. The van der Waals surface area contributed by atoms with Gasteiger partial charge in [0.15, 0.2) is 0 Å². The third-order valence-electron chi connectivity index (χ3n) is 1.94. The van der Waals surface area contributed by atoms with Crippen molar-refractivity contribution < 1.29 is 22.6 Å². The van der Waals surface area contributed by atoms with Gasteiger partial charge in [0.05, 0.1) is 6.54 Å². The number of aliphatic imine (C=N–C) groups is 1. The molecule has 0 fully saturated rings. The number of alkyl halides is 3. The van der Waals surface area contributed by atoms with Crippen molar-refractivity contribution >= 4 is 21.8 Å². The molecule has 1 heterocycles. The molecule has 3 nitrogen and oxygen atoms in total. The second-order valence-electron chi connectivity index (χ2n) is 3.26. The van der Waals surface area contributed by atoms with Gasteiger partial charge >= 0.3 is 6.36 Å². The summed E-state index contributed by atoms with van der Waals surface area (Å²) in [7, 11) is 0. The van der Waals surface area contributed by atoms with Crippen LogP contribution in [0, 0.1) is 0 Å². The van der Waals surface area contributed by atoms with E-state index < -0.39 is 6.36 Å². The van der Waals surface area contributed by atoms with E-state index in [-0.39, 0.29) is 5.75 Å². The van der Waals surface area contributed by atoms with E-state index >= 15 is 0 Å². The largest absolute Gasteiger partial charge is 0.573 e. The molecule has 0 atom stereocenters. The fourth-order valence-electron chi connectivity index (χ4n) is 1.39. The number of nitrogens with zero attached hydrogens (tertiary/aromatic N) is 1. The number of ether oxygens (including phenoxy) is 2. The summed E-state index contributed by atoms with van der Waals surface area (Å²) in [5.74, 6) is 0.0263. The van der Waals surface area contributed by atoms with Crippen LogP contribution in [0.5, 0.6) is 5.75 Å². The topological polar surface area (TPSA) is 30.8 Å². The fourth-order valence-corrected chi connectivity index (χ4v) is 1.86. The van der Waals surface area contributed by atoms with Crippen molar-refractivity contribution in [2.45, 2.75) is 6.36 Å². The molecule has 1 aromatic rings. The van der Waals surface area contributed by atoms with Crippen LogP contribution in [0.2, 0.25) is 0 Å². The van der Waals surface area contributed by atoms with Gasteiger partial charge in [-0.05, 0) is 18.2 Å². The van der Waals surface area contributed by atoms with Crippen LogP contribution in [-0.4, -0.2) is 25.4 Å². The summed E-state index contributed by atoms with van der Waals surface area (Å²) in [5, 5.41) is 0. The second-order valence-corrected chi connectivity index (χ2v) is 4.17. The van der Waals surface area contributed by atoms with Crippen LogP contribution in [-0.2, 0) is 4.74 Å². The van der Waals surface area contributed by atoms with E-state index in [9.17, 15) is 13.2 Å². The highest BCUT2D eigenvalue weighted by Gasteiger charge is 2.31. The number of hydrogen-bond donors (Lipinski definition) is 0. The Morgan fingerprint density at radius 1 is 1.29 bits per heavy atom. The summed E-state index contributed by atoms with van der Waals surface area (Å²) in [4.78, 5) is 4.02. The van der Waals surface area contributed by atoms with Crippen LogP contribution < -0.4 is 4.74 Å². The predicted octanol–water partition coefficient (Wildman–Crippen LogP) is 3.12. The van der Waals surface area contributed by atoms with E-state index in [1.165, 1.54) is 12.1 Å². The van der Waals surface area contributed by atoms with Gasteiger partial charge in [0.2, 0.25) is 5.90 Å². The standard InChI is InChI=1S/C10H7BrF3NO2/c11-7-3-6(9-15-1-2-16-9)4-8(5-7)17-10(12,13)14/h3-5H,1-2H2. The van der Waals surface area contributed by atoms with Crippen LogP contribution in [0.1, 0.15) is 5.56 Å². The van der Waals surface area contributed by atoms with Gasteiger partial charge < -0.3 is 9.47 Å². The molecule has 7 heteroatoms. The number of hydrogen-bond acceptors (Lipinski definition) is 3. The SMILES string of the molecule is FC(F)(F)Oc1cc(Br)cc(C2=NCCO2)c1. The van der Waals surface area contributed by atoms with E-state index in [0.29, 0.717) is 29.1 Å². The van der Waals surface area contributed by atoms with Gasteiger partial charge in [0, 0.05) is 10.0 Å². The molecule has 17 heavy (non-hydrogen) atoms. The summed E-state index contributed by atoms with van der Waals surface area (Å²) >= 11 is 3.11. The third-order valence-corrected chi connectivity index (χ3v) is 2.40. The van der Waals surface area contributed by atoms with Gasteiger partial charge in [-0.15, -0.1) is 13.2 Å². The minimum absolute atomic E-state index is 0.305. The Balaban J connectivity index is 2.29. The second kappa shape index (κ2) is 4.56. The maximum atomic E-state index is 12.1. The highest BCUT2D eigenvalue weighted by Crippen LogP contribution is 2.28. The number of rotatable bonds is 2. The first-order chi connectivity index (χ1) is 7.94. The molecule has 0 amide bonds. The summed E-state index contributed by atoms with van der Waals surface area (Å²) in [6.45, 7) is 0.953. The van der Waals surface area contributed by atoms with Gasteiger partial charge in [-0.1, -0.05) is 15.9 Å². The lowest BCUT2D eigenvalue weighted by molar-refractivity contribution is -0.274. The first-order valence-electron chi connectivity index (χ1n) is 4.68. The van der Waals surface area contributed by atoms with E-state index in [0.717, 1.165) is 0 Å². The summed E-state index contributed by atoms with van der Waals surface area (Å²) in [6.07, 6.45) is -4.71. The van der Waals surface area contributed by atoms with Crippen molar-refractivity contribution in [2.75, 3.05) is 13.2 Å². The van der Waals surface area contributed by atoms with E-state index in [4.69, 9.17) is 4.74 Å². The molecule has 0 saturated heterocycles. The van der Waals surface area contributed by atoms with Crippen molar-refractivity contribution in [1.29, 1.82) is 0 Å². The van der Waals surface area contributed by atoms with Crippen molar-refractivity contribution in [3.8, 4) is 5.75 Å². The molecule has 1 aliphatic heterocycles. The zero-order valence-corrected chi connectivity index (χ0v) is 10.0. The molecule has 0 saturated carbocycles. The number of halogens is 4. The molecule has 1 aliphatic rings. The Morgan fingerprint density at radius 3 is 2.65 bits per heavy atom. The molecule has 0 unspecified atom stereocenters. The van der Waals surface area contributed by atoms with Crippen molar-refractivity contribution in [3.05, 3.63) is 28.2 Å². The van der Waals surface area contributed by atoms with Crippen molar-refractivity contribution in [2.24, 2.45) is 4.99 Å². The Kier molecular flexibility index (Phi) is 3.28. The molecule has 0 bridgehead atoms. The Bertz CT molecular complexity index is 459. The molecule has 1 aromatic carbocycles. The molecular weight excluding hydrogens is 303 g/mol. The maximum Gasteiger partial charge on any atom is 0.573 e. The van der Waals surface area contributed by atoms with Crippen LogP contribution in [0.25, 0.3) is 0 Å². The van der Waals surface area contributed by atoms with Crippen LogP contribution in [0.4, 0.5) is 13.2 Å². The zero-order valence-electron chi connectivity index (χ0n) is 8.42. The van der Waals surface area contributed by atoms with Crippen molar-refractivity contribution in [3.63, 3.8) is 0 Å². The maximum absolute atomic E-state index is 12.1. The molecular formula is C10H7BrF3NO2. The highest BCUT2D eigenvalue weighted by atomic mass is 79.9. The summed E-state index contributed by atoms with van der Waals surface area (Å²) < 4.78 is 45.7. The minimum Gasteiger partial charge on any atom is -0.476 e. The molecule has 0 aliphatic carbocycles. The van der Waals surface area contributed by atoms with Gasteiger partial charge in [-0.2, -0.15) is 0 Å². The lowest BCUT2D eigenvalue weighted by Gasteiger charge is -2.10. The average Bonchev–Trinajstić information content (AvgIpc) is 2.65. The van der Waals surface area contributed by atoms with E-state index in [1.807, 2.05) is 0 Å². The molecule has 2 rings (SSSR count). The normalized spacial score (nSPS) is 15.4. The van der Waals surface area contributed by atoms with E-state index in [1.54, 1.807) is 6.07 Å². The zero-order chi connectivity index (χ0) is 12.5. The average molecular weight is 310 g/mol. The first-order valence-corrected chi connectivity index (χ1v) is 5.47. The molecule has 0 radical (unpaired) electrons. The van der Waals surface area contributed by atoms with Crippen LogP contribution in [0.15, 0.2) is 27.7 Å².